The Hall–Kier alpha value is -1.36. The summed E-state index contributed by atoms with van der Waals surface area (Å²) < 4.78 is 9.60. The van der Waals surface area contributed by atoms with Crippen LogP contribution in [0.2, 0.25) is 0 Å². The molecule has 1 heterocycles. The van der Waals surface area contributed by atoms with Gasteiger partial charge in [0.1, 0.15) is 5.00 Å². The molecule has 0 amide bonds. The number of nitrogens with zero attached hydrogens (tertiary/aromatic N) is 1. The summed E-state index contributed by atoms with van der Waals surface area (Å²) in [5.74, 6) is 0.143. The molecule has 0 bridgehead atoms. The SMILES string of the molecule is COC(=O)c1cc(C)sc1/N=C(\C)OC. The van der Waals surface area contributed by atoms with Gasteiger partial charge in [0, 0.05) is 11.8 Å². The van der Waals surface area contributed by atoms with Crippen molar-refractivity contribution >= 4 is 28.2 Å². The minimum absolute atomic E-state index is 0.373. The number of hydrogen-bond acceptors (Lipinski definition) is 5. The highest BCUT2D eigenvalue weighted by atomic mass is 32.1. The Bertz CT molecular complexity index is 395. The molecule has 15 heavy (non-hydrogen) atoms. The minimum Gasteiger partial charge on any atom is -0.484 e. The fourth-order valence-electron chi connectivity index (χ4n) is 1.03. The van der Waals surface area contributed by atoms with Gasteiger partial charge in [-0.3, -0.25) is 0 Å². The Labute approximate surface area is 92.5 Å². The van der Waals surface area contributed by atoms with Crippen molar-refractivity contribution in [1.29, 1.82) is 0 Å². The van der Waals surface area contributed by atoms with Crippen molar-refractivity contribution in [2.24, 2.45) is 4.99 Å². The van der Waals surface area contributed by atoms with Gasteiger partial charge in [0.05, 0.1) is 19.8 Å². The van der Waals surface area contributed by atoms with Crippen LogP contribution in [0.1, 0.15) is 22.2 Å². The van der Waals surface area contributed by atoms with Crippen LogP contribution in [0, 0.1) is 6.92 Å². The van der Waals surface area contributed by atoms with Gasteiger partial charge in [0.2, 0.25) is 0 Å². The largest absolute Gasteiger partial charge is 0.484 e. The van der Waals surface area contributed by atoms with Crippen molar-refractivity contribution < 1.29 is 14.3 Å². The highest BCUT2D eigenvalue weighted by Gasteiger charge is 2.14. The van der Waals surface area contributed by atoms with Gasteiger partial charge in [0.25, 0.3) is 0 Å². The van der Waals surface area contributed by atoms with Crippen molar-refractivity contribution in [3.8, 4) is 0 Å². The van der Waals surface area contributed by atoms with Crippen LogP contribution in [0.25, 0.3) is 0 Å². The molecule has 1 aromatic heterocycles. The fraction of sp³-hybridized carbons (Fsp3) is 0.400. The molecular weight excluding hydrogens is 214 g/mol. The molecule has 0 spiro atoms. The summed E-state index contributed by atoms with van der Waals surface area (Å²) >= 11 is 1.43. The molecule has 0 fully saturated rings. The number of thiophene rings is 1. The predicted molar refractivity (Wildman–Crippen MR) is 60.2 cm³/mol. The van der Waals surface area contributed by atoms with E-state index in [1.807, 2.05) is 6.92 Å². The quantitative estimate of drug-likeness (QED) is 0.443. The van der Waals surface area contributed by atoms with Gasteiger partial charge < -0.3 is 9.47 Å². The zero-order valence-corrected chi connectivity index (χ0v) is 9.97. The number of esters is 1. The molecule has 82 valence electrons. The van der Waals surface area contributed by atoms with Crippen LogP contribution < -0.4 is 0 Å². The minimum atomic E-state index is -0.373. The number of rotatable bonds is 2. The van der Waals surface area contributed by atoms with E-state index in [0.717, 1.165) is 4.88 Å². The van der Waals surface area contributed by atoms with Gasteiger partial charge >= 0.3 is 5.97 Å². The second kappa shape index (κ2) is 4.93. The molecule has 0 N–H and O–H groups in total. The third-order valence-corrected chi connectivity index (χ3v) is 2.74. The van der Waals surface area contributed by atoms with E-state index in [0.29, 0.717) is 16.5 Å². The van der Waals surface area contributed by atoms with Crippen molar-refractivity contribution in [2.45, 2.75) is 13.8 Å². The van der Waals surface area contributed by atoms with Crippen molar-refractivity contribution in [3.05, 3.63) is 16.5 Å². The van der Waals surface area contributed by atoms with E-state index in [4.69, 9.17) is 4.74 Å². The molecule has 0 unspecified atom stereocenters. The topological polar surface area (TPSA) is 47.9 Å². The second-order valence-electron chi connectivity index (χ2n) is 2.90. The van der Waals surface area contributed by atoms with Crippen LogP contribution in [0.15, 0.2) is 11.1 Å². The molecule has 0 aliphatic heterocycles. The van der Waals surface area contributed by atoms with Gasteiger partial charge in [0.15, 0.2) is 5.90 Å². The van der Waals surface area contributed by atoms with Gasteiger partial charge in [-0.25, -0.2) is 9.79 Å². The average molecular weight is 227 g/mol. The summed E-state index contributed by atoms with van der Waals surface area (Å²) in [6.07, 6.45) is 0. The molecule has 0 saturated heterocycles. The lowest BCUT2D eigenvalue weighted by Gasteiger charge is -1.99. The Kier molecular flexibility index (Phi) is 3.85. The van der Waals surface area contributed by atoms with E-state index in [1.165, 1.54) is 25.6 Å². The van der Waals surface area contributed by atoms with E-state index in [1.54, 1.807) is 13.0 Å². The Morgan fingerprint density at radius 3 is 2.60 bits per heavy atom. The van der Waals surface area contributed by atoms with E-state index in [-0.39, 0.29) is 5.97 Å². The number of methoxy groups -OCH3 is 2. The number of carbonyl (C=O) groups excluding carboxylic acids is 1. The monoisotopic (exact) mass is 227 g/mol. The van der Waals surface area contributed by atoms with E-state index in [2.05, 4.69) is 9.73 Å². The Morgan fingerprint density at radius 2 is 2.07 bits per heavy atom. The Morgan fingerprint density at radius 1 is 1.40 bits per heavy atom. The zero-order chi connectivity index (χ0) is 11.4. The van der Waals surface area contributed by atoms with Crippen LogP contribution in [0.5, 0.6) is 0 Å². The highest BCUT2D eigenvalue weighted by Crippen LogP contribution is 2.31. The van der Waals surface area contributed by atoms with Crippen molar-refractivity contribution in [2.75, 3.05) is 14.2 Å². The molecule has 1 aromatic rings. The summed E-state index contributed by atoms with van der Waals surface area (Å²) in [6, 6.07) is 1.76. The van der Waals surface area contributed by atoms with Crippen LogP contribution in [-0.2, 0) is 9.47 Å². The number of carbonyl (C=O) groups is 1. The molecule has 5 heteroatoms. The first-order valence-corrected chi connectivity index (χ1v) is 5.18. The zero-order valence-electron chi connectivity index (χ0n) is 9.16. The van der Waals surface area contributed by atoms with Gasteiger partial charge in [-0.15, -0.1) is 11.3 Å². The first kappa shape index (κ1) is 11.7. The third-order valence-electron chi connectivity index (χ3n) is 1.80. The van der Waals surface area contributed by atoms with Gasteiger partial charge in [-0.1, -0.05) is 0 Å². The maximum Gasteiger partial charge on any atom is 0.340 e. The lowest BCUT2D eigenvalue weighted by atomic mass is 10.3. The molecule has 0 aromatic carbocycles. The maximum absolute atomic E-state index is 11.4. The molecule has 0 aliphatic carbocycles. The molecule has 0 atom stereocenters. The second-order valence-corrected chi connectivity index (χ2v) is 4.14. The third kappa shape index (κ3) is 2.79. The number of aryl methyl sites for hydroxylation is 1. The first-order chi connectivity index (χ1) is 7.08. The average Bonchev–Trinajstić information content (AvgIpc) is 2.58. The number of hydrogen-bond donors (Lipinski definition) is 0. The summed E-state index contributed by atoms with van der Waals surface area (Å²) in [7, 11) is 2.89. The standard InChI is InChI=1S/C10H13NO3S/c1-6-5-8(10(12)14-4)9(15-6)11-7(2)13-3/h5H,1-4H3/b11-7+. The van der Waals surface area contributed by atoms with Crippen LogP contribution in [0.3, 0.4) is 0 Å². The smallest absolute Gasteiger partial charge is 0.340 e. The van der Waals surface area contributed by atoms with Gasteiger partial charge in [-0.05, 0) is 13.0 Å². The number of ether oxygens (including phenoxy) is 2. The number of aliphatic imine (C=N–C) groups is 1. The van der Waals surface area contributed by atoms with Gasteiger partial charge in [-0.2, -0.15) is 0 Å². The highest BCUT2D eigenvalue weighted by molar-refractivity contribution is 7.16. The molecular formula is C10H13NO3S. The molecule has 4 nitrogen and oxygen atoms in total. The predicted octanol–water partition coefficient (Wildman–Crippen LogP) is 2.54. The molecule has 0 aliphatic rings. The molecule has 0 radical (unpaired) electrons. The maximum atomic E-state index is 11.4. The normalized spacial score (nSPS) is 11.3. The van der Waals surface area contributed by atoms with E-state index >= 15 is 0 Å². The summed E-state index contributed by atoms with van der Waals surface area (Å²) in [5.41, 5.74) is 0.483. The summed E-state index contributed by atoms with van der Waals surface area (Å²) in [5, 5.41) is 0.624. The summed E-state index contributed by atoms with van der Waals surface area (Å²) in [4.78, 5) is 16.6. The molecule has 0 saturated carbocycles. The van der Waals surface area contributed by atoms with Crippen LogP contribution in [0.4, 0.5) is 5.00 Å². The molecule has 1 rings (SSSR count). The first-order valence-electron chi connectivity index (χ1n) is 4.36. The van der Waals surface area contributed by atoms with Crippen LogP contribution in [-0.4, -0.2) is 26.1 Å². The van der Waals surface area contributed by atoms with Crippen molar-refractivity contribution in [3.63, 3.8) is 0 Å². The van der Waals surface area contributed by atoms with Crippen molar-refractivity contribution in [1.82, 2.24) is 0 Å². The Balaban J connectivity index is 3.12. The lowest BCUT2D eigenvalue weighted by molar-refractivity contribution is 0.0602. The van der Waals surface area contributed by atoms with E-state index < -0.39 is 0 Å². The lowest BCUT2D eigenvalue weighted by Crippen LogP contribution is -2.00. The summed E-state index contributed by atoms with van der Waals surface area (Å²) in [6.45, 7) is 3.65. The fourth-order valence-corrected chi connectivity index (χ4v) is 1.94. The van der Waals surface area contributed by atoms with E-state index in [9.17, 15) is 4.79 Å². The van der Waals surface area contributed by atoms with Crippen LogP contribution >= 0.6 is 11.3 Å².